The molecule has 0 aromatic carbocycles. The van der Waals surface area contributed by atoms with Crippen LogP contribution in [0.3, 0.4) is 0 Å². The van der Waals surface area contributed by atoms with Gasteiger partial charge in [-0.1, -0.05) is 0 Å². The van der Waals surface area contributed by atoms with E-state index in [4.69, 9.17) is 6.42 Å². The zero-order chi connectivity index (χ0) is 9.14. The minimum absolute atomic E-state index is 0.0314. The van der Waals surface area contributed by atoms with Gasteiger partial charge in [-0.15, -0.1) is 6.42 Å². The van der Waals surface area contributed by atoms with Crippen molar-refractivity contribution < 1.29 is 9.59 Å². The monoisotopic (exact) mass is 166 g/mol. The molecule has 0 spiro atoms. The van der Waals surface area contributed by atoms with Crippen molar-refractivity contribution in [3.8, 4) is 12.3 Å². The fraction of sp³-hybridized carbons (Fsp3) is 0.500. The van der Waals surface area contributed by atoms with E-state index in [0.717, 1.165) is 0 Å². The summed E-state index contributed by atoms with van der Waals surface area (Å²) in [5.41, 5.74) is 0. The maximum Gasteiger partial charge on any atom is 0.298 e. The summed E-state index contributed by atoms with van der Waals surface area (Å²) in [5, 5.41) is 2.52. The van der Waals surface area contributed by atoms with Gasteiger partial charge in [0.1, 0.15) is 0 Å². The molecular weight excluding hydrogens is 156 g/mol. The first-order chi connectivity index (χ1) is 5.69. The van der Waals surface area contributed by atoms with Crippen molar-refractivity contribution in [2.24, 2.45) is 5.92 Å². The summed E-state index contributed by atoms with van der Waals surface area (Å²) in [7, 11) is 1.58. The molecule has 1 fully saturated rings. The summed E-state index contributed by atoms with van der Waals surface area (Å²) in [6, 6.07) is 0. The van der Waals surface area contributed by atoms with Crippen molar-refractivity contribution >= 4 is 11.8 Å². The average molecular weight is 166 g/mol. The van der Waals surface area contributed by atoms with Crippen LogP contribution in [0.5, 0.6) is 0 Å². The lowest BCUT2D eigenvalue weighted by Crippen LogP contribution is -2.54. The Labute approximate surface area is 70.9 Å². The highest BCUT2D eigenvalue weighted by Crippen LogP contribution is 2.14. The molecule has 1 rings (SSSR count). The van der Waals surface area contributed by atoms with Crippen molar-refractivity contribution in [3.63, 3.8) is 0 Å². The third kappa shape index (κ3) is 1.40. The van der Waals surface area contributed by atoms with Gasteiger partial charge in [-0.2, -0.15) is 0 Å². The van der Waals surface area contributed by atoms with Crippen LogP contribution in [0.1, 0.15) is 0 Å². The van der Waals surface area contributed by atoms with E-state index < -0.39 is 0 Å². The predicted octanol–water partition coefficient (Wildman–Crippen LogP) is -1.18. The van der Waals surface area contributed by atoms with E-state index in [1.165, 1.54) is 4.90 Å². The van der Waals surface area contributed by atoms with Crippen LogP contribution in [0, 0.1) is 18.3 Å². The lowest BCUT2D eigenvalue weighted by atomic mass is 9.99. The quantitative estimate of drug-likeness (QED) is 0.499. The second-order valence-electron chi connectivity index (χ2n) is 2.67. The van der Waals surface area contributed by atoms with Crippen LogP contribution in [0.4, 0.5) is 0 Å². The first-order valence-electron chi connectivity index (χ1n) is 3.66. The van der Waals surface area contributed by atoms with Crippen LogP contribution in [-0.2, 0) is 9.59 Å². The van der Waals surface area contributed by atoms with Crippen LogP contribution in [0.2, 0.25) is 0 Å². The molecule has 1 aliphatic rings. The molecule has 12 heavy (non-hydrogen) atoms. The maximum absolute atomic E-state index is 10.9. The standard InChI is InChI=1S/C8H10N2O2/c1-3-7(11)10-4-6(5-10)8(12)9-2/h1,6H,4-5H2,2H3,(H,9,12). The topological polar surface area (TPSA) is 49.4 Å². The number of rotatable bonds is 1. The maximum atomic E-state index is 10.9. The van der Waals surface area contributed by atoms with Crippen LogP contribution in [0.25, 0.3) is 0 Å². The van der Waals surface area contributed by atoms with Crippen LogP contribution in [0.15, 0.2) is 0 Å². The van der Waals surface area contributed by atoms with Crippen molar-refractivity contribution in [2.75, 3.05) is 20.1 Å². The lowest BCUT2D eigenvalue weighted by Gasteiger charge is -2.36. The second-order valence-corrected chi connectivity index (χ2v) is 2.67. The third-order valence-electron chi connectivity index (χ3n) is 1.91. The fourth-order valence-corrected chi connectivity index (χ4v) is 1.11. The van der Waals surface area contributed by atoms with Gasteiger partial charge < -0.3 is 10.2 Å². The van der Waals surface area contributed by atoms with E-state index in [0.29, 0.717) is 13.1 Å². The number of hydrogen-bond donors (Lipinski definition) is 1. The highest BCUT2D eigenvalue weighted by molar-refractivity contribution is 5.94. The number of nitrogens with zero attached hydrogens (tertiary/aromatic N) is 1. The van der Waals surface area contributed by atoms with Crippen LogP contribution >= 0.6 is 0 Å². The molecule has 0 radical (unpaired) electrons. The molecule has 1 aliphatic heterocycles. The molecule has 0 unspecified atom stereocenters. The summed E-state index contributed by atoms with van der Waals surface area (Å²) >= 11 is 0. The molecular formula is C8H10N2O2. The van der Waals surface area contributed by atoms with Gasteiger partial charge in [0.15, 0.2) is 0 Å². The summed E-state index contributed by atoms with van der Waals surface area (Å²) in [6.07, 6.45) is 4.89. The molecule has 0 aliphatic carbocycles. The fourth-order valence-electron chi connectivity index (χ4n) is 1.11. The van der Waals surface area contributed by atoms with E-state index in [1.807, 2.05) is 5.92 Å². The minimum atomic E-state index is -0.338. The van der Waals surface area contributed by atoms with Gasteiger partial charge in [0, 0.05) is 20.1 Å². The minimum Gasteiger partial charge on any atom is -0.359 e. The second kappa shape index (κ2) is 3.26. The molecule has 0 aromatic heterocycles. The summed E-state index contributed by atoms with van der Waals surface area (Å²) in [6.45, 7) is 0.894. The molecule has 1 heterocycles. The van der Waals surface area contributed by atoms with Gasteiger partial charge in [0.2, 0.25) is 5.91 Å². The molecule has 2 amide bonds. The smallest absolute Gasteiger partial charge is 0.298 e. The van der Waals surface area contributed by atoms with Crippen molar-refractivity contribution in [2.45, 2.75) is 0 Å². The molecule has 0 saturated carbocycles. The normalized spacial score (nSPS) is 16.2. The Balaban J connectivity index is 2.34. The molecule has 0 atom stereocenters. The lowest BCUT2D eigenvalue weighted by molar-refractivity contribution is -0.138. The van der Waals surface area contributed by atoms with Crippen molar-refractivity contribution in [1.82, 2.24) is 10.2 Å². The third-order valence-corrected chi connectivity index (χ3v) is 1.91. The number of carbonyl (C=O) groups is 2. The highest BCUT2D eigenvalue weighted by Gasteiger charge is 2.34. The summed E-state index contributed by atoms with van der Waals surface area (Å²) in [5.74, 6) is 1.55. The van der Waals surface area contributed by atoms with Crippen LogP contribution in [-0.4, -0.2) is 36.9 Å². The predicted molar refractivity (Wildman–Crippen MR) is 43.0 cm³/mol. The molecule has 64 valence electrons. The van der Waals surface area contributed by atoms with Gasteiger partial charge >= 0.3 is 0 Å². The van der Waals surface area contributed by atoms with Gasteiger partial charge in [-0.3, -0.25) is 9.59 Å². The van der Waals surface area contributed by atoms with Crippen molar-refractivity contribution in [3.05, 3.63) is 0 Å². The first kappa shape index (κ1) is 8.60. The first-order valence-corrected chi connectivity index (χ1v) is 3.66. The Bertz CT molecular complexity index is 248. The molecule has 4 heteroatoms. The largest absolute Gasteiger partial charge is 0.359 e. The number of carbonyl (C=O) groups excluding carboxylic acids is 2. The Morgan fingerprint density at radius 1 is 1.58 bits per heavy atom. The van der Waals surface area contributed by atoms with E-state index in [-0.39, 0.29) is 17.7 Å². The van der Waals surface area contributed by atoms with E-state index in [1.54, 1.807) is 7.05 Å². The summed E-state index contributed by atoms with van der Waals surface area (Å²) in [4.78, 5) is 23.2. The number of terminal acetylenes is 1. The molecule has 0 bridgehead atoms. The molecule has 0 aromatic rings. The zero-order valence-corrected chi connectivity index (χ0v) is 6.83. The average Bonchev–Trinajstić information content (AvgIpc) is 2.01. The molecule has 1 saturated heterocycles. The number of likely N-dealkylation sites (tertiary alicyclic amines) is 1. The number of hydrogen-bond acceptors (Lipinski definition) is 2. The zero-order valence-electron chi connectivity index (χ0n) is 6.83. The number of nitrogens with one attached hydrogen (secondary N) is 1. The van der Waals surface area contributed by atoms with Gasteiger partial charge in [0.25, 0.3) is 5.91 Å². The Morgan fingerprint density at radius 3 is 2.58 bits per heavy atom. The Kier molecular flexibility index (Phi) is 2.34. The number of amides is 2. The SMILES string of the molecule is C#CC(=O)N1CC(C(=O)NC)C1. The van der Waals surface area contributed by atoms with E-state index >= 15 is 0 Å². The van der Waals surface area contributed by atoms with Crippen LogP contribution < -0.4 is 5.32 Å². The molecule has 4 nitrogen and oxygen atoms in total. The molecule has 1 N–H and O–H groups in total. The van der Waals surface area contributed by atoms with Crippen molar-refractivity contribution in [1.29, 1.82) is 0 Å². The van der Waals surface area contributed by atoms with E-state index in [2.05, 4.69) is 5.32 Å². The van der Waals surface area contributed by atoms with Gasteiger partial charge in [-0.05, 0) is 5.92 Å². The Hall–Kier alpha value is -1.50. The Morgan fingerprint density at radius 2 is 2.17 bits per heavy atom. The highest BCUT2D eigenvalue weighted by atomic mass is 16.2. The van der Waals surface area contributed by atoms with E-state index in [9.17, 15) is 9.59 Å². The summed E-state index contributed by atoms with van der Waals surface area (Å²) < 4.78 is 0. The van der Waals surface area contributed by atoms with Gasteiger partial charge in [0.05, 0.1) is 5.92 Å². The van der Waals surface area contributed by atoms with Gasteiger partial charge in [-0.25, -0.2) is 0 Å².